The van der Waals surface area contributed by atoms with Crippen molar-refractivity contribution in [3.8, 4) is 0 Å². The van der Waals surface area contributed by atoms with Crippen molar-refractivity contribution in [1.82, 2.24) is 0 Å². The summed E-state index contributed by atoms with van der Waals surface area (Å²) < 4.78 is 37.8. The molecule has 0 fully saturated rings. The number of amides is 2. The van der Waals surface area contributed by atoms with Crippen molar-refractivity contribution in [2.75, 3.05) is 19.0 Å². The third-order valence-electron chi connectivity index (χ3n) is 3.02. The van der Waals surface area contributed by atoms with Crippen molar-refractivity contribution >= 4 is 29.2 Å². The zero-order chi connectivity index (χ0) is 16.3. The van der Waals surface area contributed by atoms with Crippen LogP contribution in [0, 0.1) is 0 Å². The van der Waals surface area contributed by atoms with Crippen LogP contribution in [0.3, 0.4) is 0 Å². The molecule has 2 rings (SSSR count). The van der Waals surface area contributed by atoms with Crippen LogP contribution in [0.25, 0.3) is 6.08 Å². The zero-order valence-electron chi connectivity index (χ0n) is 12.1. The fourth-order valence-electron chi connectivity index (χ4n) is 1.85. The van der Waals surface area contributed by atoms with Gasteiger partial charge in [-0.25, -0.2) is 4.79 Å². The molecule has 0 bridgehead atoms. The van der Waals surface area contributed by atoms with Gasteiger partial charge in [0.1, 0.15) is 5.71 Å². The van der Waals surface area contributed by atoms with Crippen LogP contribution in [-0.2, 0) is 0 Å². The molecule has 2 amide bonds. The number of alkyl halides is 3. The summed E-state index contributed by atoms with van der Waals surface area (Å²) >= 11 is 0. The molecule has 22 heavy (non-hydrogen) atoms. The Kier molecular flexibility index (Phi) is 4.44. The number of halogens is 3. The summed E-state index contributed by atoms with van der Waals surface area (Å²) in [6.45, 7) is 0. The SMILES string of the molecule is CN(C)c1ccc(/C=C/C2=NC(=O)N=C(C(F)(F)F)C2)cc1. The van der Waals surface area contributed by atoms with Crippen LogP contribution < -0.4 is 4.90 Å². The molecule has 0 spiro atoms. The smallest absolute Gasteiger partial charge is 0.378 e. The van der Waals surface area contributed by atoms with Gasteiger partial charge in [-0.15, -0.1) is 0 Å². The van der Waals surface area contributed by atoms with Crippen LogP contribution in [0.2, 0.25) is 0 Å². The van der Waals surface area contributed by atoms with Gasteiger partial charge in [-0.3, -0.25) is 0 Å². The fraction of sp³-hybridized carbons (Fsp3) is 0.267. The van der Waals surface area contributed by atoms with Crippen LogP contribution in [0.4, 0.5) is 23.7 Å². The van der Waals surface area contributed by atoms with Gasteiger partial charge in [0.05, 0.1) is 5.71 Å². The summed E-state index contributed by atoms with van der Waals surface area (Å²) in [6, 6.07) is 6.30. The van der Waals surface area contributed by atoms with Crippen molar-refractivity contribution < 1.29 is 18.0 Å². The highest BCUT2D eigenvalue weighted by Gasteiger charge is 2.38. The third-order valence-corrected chi connectivity index (χ3v) is 3.02. The molecule has 1 aliphatic rings. The summed E-state index contributed by atoms with van der Waals surface area (Å²) in [5.41, 5.74) is 0.741. The maximum atomic E-state index is 12.6. The van der Waals surface area contributed by atoms with Gasteiger partial charge in [-0.1, -0.05) is 18.2 Å². The van der Waals surface area contributed by atoms with E-state index in [2.05, 4.69) is 9.98 Å². The Hall–Kier alpha value is -2.44. The van der Waals surface area contributed by atoms with Gasteiger partial charge >= 0.3 is 12.2 Å². The molecule has 1 heterocycles. The fourth-order valence-corrected chi connectivity index (χ4v) is 1.85. The van der Waals surface area contributed by atoms with Crippen molar-refractivity contribution in [2.45, 2.75) is 12.6 Å². The molecule has 116 valence electrons. The molecule has 0 aromatic heterocycles. The van der Waals surface area contributed by atoms with Crippen LogP contribution in [0.1, 0.15) is 12.0 Å². The molecule has 0 atom stereocenters. The van der Waals surface area contributed by atoms with Crippen molar-refractivity contribution in [2.24, 2.45) is 9.98 Å². The molecule has 0 unspecified atom stereocenters. The lowest BCUT2D eigenvalue weighted by Crippen LogP contribution is -2.28. The van der Waals surface area contributed by atoms with Gasteiger partial charge in [-0.05, 0) is 23.8 Å². The van der Waals surface area contributed by atoms with Crippen molar-refractivity contribution in [3.05, 3.63) is 35.9 Å². The number of rotatable bonds is 3. The highest BCUT2D eigenvalue weighted by molar-refractivity contribution is 6.20. The Labute approximate surface area is 125 Å². The van der Waals surface area contributed by atoms with Gasteiger partial charge in [0.15, 0.2) is 0 Å². The molecule has 0 radical (unpaired) electrons. The Bertz CT molecular complexity index is 656. The lowest BCUT2D eigenvalue weighted by molar-refractivity contribution is -0.0598. The van der Waals surface area contributed by atoms with E-state index in [1.165, 1.54) is 6.08 Å². The van der Waals surface area contributed by atoms with Gasteiger partial charge in [-0.2, -0.15) is 23.2 Å². The van der Waals surface area contributed by atoms with E-state index in [0.29, 0.717) is 0 Å². The minimum atomic E-state index is -4.61. The monoisotopic (exact) mass is 309 g/mol. The number of hydrogen-bond acceptors (Lipinski definition) is 2. The first-order valence-corrected chi connectivity index (χ1v) is 6.47. The molecule has 1 aliphatic heterocycles. The molecule has 7 heteroatoms. The number of aliphatic imine (C=N–C) groups is 2. The maximum Gasteiger partial charge on any atom is 0.430 e. The molecule has 1 aromatic carbocycles. The number of hydrogen-bond donors (Lipinski definition) is 0. The second kappa shape index (κ2) is 6.13. The summed E-state index contributed by atoms with van der Waals surface area (Å²) in [5, 5.41) is 0. The van der Waals surface area contributed by atoms with Crippen molar-refractivity contribution in [3.63, 3.8) is 0 Å². The number of anilines is 1. The zero-order valence-corrected chi connectivity index (χ0v) is 12.1. The van der Waals surface area contributed by atoms with Crippen LogP contribution in [0.15, 0.2) is 40.3 Å². The van der Waals surface area contributed by atoms with Crippen LogP contribution >= 0.6 is 0 Å². The highest BCUT2D eigenvalue weighted by Crippen LogP contribution is 2.23. The van der Waals surface area contributed by atoms with E-state index >= 15 is 0 Å². The van der Waals surface area contributed by atoms with E-state index in [1.54, 1.807) is 6.08 Å². The summed E-state index contributed by atoms with van der Waals surface area (Å²) in [5.74, 6) is 0. The molecule has 0 saturated heterocycles. The van der Waals surface area contributed by atoms with Crippen molar-refractivity contribution in [1.29, 1.82) is 0 Å². The second-order valence-electron chi connectivity index (χ2n) is 4.94. The van der Waals surface area contributed by atoms with Crippen LogP contribution in [0.5, 0.6) is 0 Å². The molecule has 0 aliphatic carbocycles. The van der Waals surface area contributed by atoms with Gasteiger partial charge in [0.2, 0.25) is 0 Å². The maximum absolute atomic E-state index is 12.6. The second-order valence-corrected chi connectivity index (χ2v) is 4.94. The average Bonchev–Trinajstić information content (AvgIpc) is 2.44. The predicted molar refractivity (Wildman–Crippen MR) is 80.7 cm³/mol. The number of benzene rings is 1. The largest absolute Gasteiger partial charge is 0.430 e. The van der Waals surface area contributed by atoms with E-state index < -0.39 is 24.3 Å². The summed E-state index contributed by atoms with van der Waals surface area (Å²) in [4.78, 5) is 19.5. The number of carbonyl (C=O) groups excluding carboxylic acids is 1. The quantitative estimate of drug-likeness (QED) is 0.854. The topological polar surface area (TPSA) is 45.0 Å². The van der Waals surface area contributed by atoms with E-state index in [1.807, 2.05) is 43.3 Å². The van der Waals surface area contributed by atoms with E-state index in [0.717, 1.165) is 11.3 Å². The lowest BCUT2D eigenvalue weighted by Gasteiger charge is -2.13. The average molecular weight is 309 g/mol. The first-order valence-electron chi connectivity index (χ1n) is 6.47. The van der Waals surface area contributed by atoms with Crippen LogP contribution in [-0.4, -0.2) is 37.7 Å². The minimum Gasteiger partial charge on any atom is -0.378 e. The first kappa shape index (κ1) is 15.9. The summed E-state index contributed by atoms with van der Waals surface area (Å²) in [6.07, 6.45) is -2.09. The molecule has 4 nitrogen and oxygen atoms in total. The number of carbonyl (C=O) groups is 1. The minimum absolute atomic E-state index is 0.0454. The predicted octanol–water partition coefficient (Wildman–Crippen LogP) is 3.73. The summed E-state index contributed by atoms with van der Waals surface area (Å²) in [7, 11) is 3.82. The normalized spacial score (nSPS) is 15.8. The standard InChI is InChI=1S/C15H14F3N3O/c1-21(2)12-7-4-10(5-8-12)3-6-11-9-13(15(16,17)18)20-14(22)19-11/h3-8H,9H2,1-2H3/b6-3+. The Morgan fingerprint density at radius 3 is 2.27 bits per heavy atom. The highest BCUT2D eigenvalue weighted by atomic mass is 19.4. The van der Waals surface area contributed by atoms with E-state index in [-0.39, 0.29) is 5.71 Å². The Balaban J connectivity index is 2.12. The van der Waals surface area contributed by atoms with Gasteiger partial charge < -0.3 is 4.90 Å². The molecular formula is C15H14F3N3O. The first-order chi connectivity index (χ1) is 10.3. The molecule has 0 N–H and O–H groups in total. The number of urea groups is 1. The molecule has 0 saturated carbocycles. The molecule has 1 aromatic rings. The third kappa shape index (κ3) is 4.03. The van der Waals surface area contributed by atoms with E-state index in [4.69, 9.17) is 0 Å². The lowest BCUT2D eigenvalue weighted by atomic mass is 10.1. The van der Waals surface area contributed by atoms with Gasteiger partial charge in [0, 0.05) is 26.2 Å². The van der Waals surface area contributed by atoms with Gasteiger partial charge in [0.25, 0.3) is 0 Å². The molecular weight excluding hydrogens is 295 g/mol. The Morgan fingerprint density at radius 2 is 1.73 bits per heavy atom. The van der Waals surface area contributed by atoms with E-state index in [9.17, 15) is 18.0 Å². The Morgan fingerprint density at radius 1 is 1.09 bits per heavy atom. The number of nitrogens with zero attached hydrogens (tertiary/aromatic N) is 3. The number of allylic oxidation sites excluding steroid dienone is 1.